The highest BCUT2D eigenvalue weighted by Crippen LogP contribution is 2.32. The van der Waals surface area contributed by atoms with Crippen molar-refractivity contribution in [3.8, 4) is 0 Å². The molecule has 3 heteroatoms. The lowest BCUT2D eigenvalue weighted by molar-refractivity contribution is 0.0899. The number of hydrogen-bond donors (Lipinski definition) is 1. The SMILES string of the molecule is CCN(CCC1(N)CCC1)C(C)COC. The monoisotopic (exact) mass is 214 g/mol. The second kappa shape index (κ2) is 5.83. The minimum atomic E-state index is 0.153. The molecule has 1 aliphatic rings. The molecule has 0 aliphatic heterocycles. The molecule has 0 radical (unpaired) electrons. The molecule has 0 spiro atoms. The zero-order valence-electron chi connectivity index (χ0n) is 10.5. The fourth-order valence-corrected chi connectivity index (χ4v) is 2.28. The highest BCUT2D eigenvalue weighted by Gasteiger charge is 2.32. The van der Waals surface area contributed by atoms with E-state index in [1.54, 1.807) is 7.11 Å². The molecule has 1 unspecified atom stereocenters. The molecule has 1 saturated carbocycles. The first-order valence-electron chi connectivity index (χ1n) is 6.13. The Morgan fingerprint density at radius 1 is 1.47 bits per heavy atom. The summed E-state index contributed by atoms with van der Waals surface area (Å²) in [5, 5.41) is 0. The van der Waals surface area contributed by atoms with Crippen molar-refractivity contribution in [3.63, 3.8) is 0 Å². The molecule has 0 saturated heterocycles. The van der Waals surface area contributed by atoms with Gasteiger partial charge in [-0.05, 0) is 39.2 Å². The highest BCUT2D eigenvalue weighted by molar-refractivity contribution is 4.93. The number of likely N-dealkylation sites (N-methyl/N-ethyl adjacent to an activating group) is 1. The smallest absolute Gasteiger partial charge is 0.0615 e. The van der Waals surface area contributed by atoms with Crippen LogP contribution in [0.5, 0.6) is 0 Å². The molecule has 1 rings (SSSR count). The van der Waals surface area contributed by atoms with Crippen molar-refractivity contribution in [1.29, 1.82) is 0 Å². The summed E-state index contributed by atoms with van der Waals surface area (Å²) in [5.74, 6) is 0. The Balaban J connectivity index is 2.26. The predicted octanol–water partition coefficient (Wildman–Crippen LogP) is 1.61. The lowest BCUT2D eigenvalue weighted by atomic mass is 9.75. The van der Waals surface area contributed by atoms with Crippen molar-refractivity contribution >= 4 is 0 Å². The van der Waals surface area contributed by atoms with Gasteiger partial charge in [0.2, 0.25) is 0 Å². The molecule has 1 aliphatic carbocycles. The fraction of sp³-hybridized carbons (Fsp3) is 1.00. The Hall–Kier alpha value is -0.120. The normalized spacial score (nSPS) is 21.4. The largest absolute Gasteiger partial charge is 0.383 e. The van der Waals surface area contributed by atoms with Crippen LogP contribution in [0.15, 0.2) is 0 Å². The van der Waals surface area contributed by atoms with Crippen LogP contribution in [-0.2, 0) is 4.74 Å². The van der Waals surface area contributed by atoms with E-state index in [1.807, 2.05) is 0 Å². The zero-order valence-corrected chi connectivity index (χ0v) is 10.5. The van der Waals surface area contributed by atoms with E-state index >= 15 is 0 Å². The summed E-state index contributed by atoms with van der Waals surface area (Å²) in [6, 6.07) is 0.503. The topological polar surface area (TPSA) is 38.5 Å². The first kappa shape index (κ1) is 12.9. The number of rotatable bonds is 7. The molecule has 0 aromatic heterocycles. The van der Waals surface area contributed by atoms with Gasteiger partial charge in [0.25, 0.3) is 0 Å². The van der Waals surface area contributed by atoms with Crippen molar-refractivity contribution in [3.05, 3.63) is 0 Å². The summed E-state index contributed by atoms with van der Waals surface area (Å²) in [6.07, 6.45) is 4.87. The molecule has 2 N–H and O–H groups in total. The van der Waals surface area contributed by atoms with E-state index in [0.717, 1.165) is 26.1 Å². The van der Waals surface area contributed by atoms with Crippen LogP contribution in [0.4, 0.5) is 0 Å². The maximum atomic E-state index is 6.22. The van der Waals surface area contributed by atoms with E-state index in [1.165, 1.54) is 19.3 Å². The Labute approximate surface area is 94.0 Å². The molecule has 0 bridgehead atoms. The van der Waals surface area contributed by atoms with Crippen molar-refractivity contribution < 1.29 is 4.74 Å². The Bertz CT molecular complexity index is 180. The van der Waals surface area contributed by atoms with Crippen LogP contribution in [0.2, 0.25) is 0 Å². The summed E-state index contributed by atoms with van der Waals surface area (Å²) in [7, 11) is 1.76. The van der Waals surface area contributed by atoms with Crippen molar-refractivity contribution in [2.24, 2.45) is 5.73 Å². The minimum Gasteiger partial charge on any atom is -0.383 e. The molecule has 0 heterocycles. The lowest BCUT2D eigenvalue weighted by Crippen LogP contribution is -2.50. The Kier molecular flexibility index (Phi) is 5.03. The van der Waals surface area contributed by atoms with E-state index < -0.39 is 0 Å². The van der Waals surface area contributed by atoms with Crippen LogP contribution in [-0.4, -0.2) is 43.3 Å². The van der Waals surface area contributed by atoms with Gasteiger partial charge in [0.05, 0.1) is 6.61 Å². The van der Waals surface area contributed by atoms with Crippen LogP contribution in [0.1, 0.15) is 39.5 Å². The van der Waals surface area contributed by atoms with Gasteiger partial charge in [-0.25, -0.2) is 0 Å². The van der Waals surface area contributed by atoms with Gasteiger partial charge in [-0.15, -0.1) is 0 Å². The average molecular weight is 214 g/mol. The second-order valence-electron chi connectivity index (χ2n) is 4.90. The molecule has 0 aromatic rings. The Morgan fingerprint density at radius 2 is 2.13 bits per heavy atom. The molecular weight excluding hydrogens is 188 g/mol. The third kappa shape index (κ3) is 3.74. The molecule has 15 heavy (non-hydrogen) atoms. The molecule has 90 valence electrons. The van der Waals surface area contributed by atoms with Gasteiger partial charge < -0.3 is 10.5 Å². The quantitative estimate of drug-likeness (QED) is 0.700. The number of hydrogen-bond acceptors (Lipinski definition) is 3. The Morgan fingerprint density at radius 3 is 2.53 bits per heavy atom. The van der Waals surface area contributed by atoms with E-state index in [-0.39, 0.29) is 5.54 Å². The van der Waals surface area contributed by atoms with E-state index in [9.17, 15) is 0 Å². The van der Waals surface area contributed by atoms with Crippen LogP contribution in [0.3, 0.4) is 0 Å². The molecule has 0 amide bonds. The van der Waals surface area contributed by atoms with Gasteiger partial charge in [-0.1, -0.05) is 6.92 Å². The summed E-state index contributed by atoms with van der Waals surface area (Å²) in [5.41, 5.74) is 6.37. The molecule has 3 nitrogen and oxygen atoms in total. The highest BCUT2D eigenvalue weighted by atomic mass is 16.5. The second-order valence-corrected chi connectivity index (χ2v) is 4.90. The summed E-state index contributed by atoms with van der Waals surface area (Å²) in [6.45, 7) is 7.43. The number of nitrogens with zero attached hydrogens (tertiary/aromatic N) is 1. The van der Waals surface area contributed by atoms with Gasteiger partial charge in [0.15, 0.2) is 0 Å². The summed E-state index contributed by atoms with van der Waals surface area (Å²) >= 11 is 0. The number of methoxy groups -OCH3 is 1. The van der Waals surface area contributed by atoms with Gasteiger partial charge >= 0.3 is 0 Å². The minimum absolute atomic E-state index is 0.153. The van der Waals surface area contributed by atoms with Crippen LogP contribution >= 0.6 is 0 Å². The van der Waals surface area contributed by atoms with Gasteiger partial charge in [0.1, 0.15) is 0 Å². The van der Waals surface area contributed by atoms with Crippen LogP contribution in [0, 0.1) is 0 Å². The van der Waals surface area contributed by atoms with E-state index in [0.29, 0.717) is 6.04 Å². The average Bonchev–Trinajstić information content (AvgIpc) is 2.16. The first-order chi connectivity index (χ1) is 7.11. The van der Waals surface area contributed by atoms with Gasteiger partial charge in [-0.2, -0.15) is 0 Å². The maximum Gasteiger partial charge on any atom is 0.0615 e. The van der Waals surface area contributed by atoms with E-state index in [4.69, 9.17) is 10.5 Å². The predicted molar refractivity (Wildman–Crippen MR) is 64.0 cm³/mol. The first-order valence-corrected chi connectivity index (χ1v) is 6.13. The number of ether oxygens (including phenoxy) is 1. The summed E-state index contributed by atoms with van der Waals surface area (Å²) < 4.78 is 5.19. The fourth-order valence-electron chi connectivity index (χ4n) is 2.28. The molecular formula is C12H26N2O. The molecule has 1 fully saturated rings. The maximum absolute atomic E-state index is 6.22. The molecule has 0 aromatic carbocycles. The van der Waals surface area contributed by atoms with Crippen molar-refractivity contribution in [1.82, 2.24) is 4.90 Å². The van der Waals surface area contributed by atoms with E-state index in [2.05, 4.69) is 18.7 Å². The number of nitrogens with two attached hydrogens (primary N) is 1. The zero-order chi connectivity index (χ0) is 11.3. The van der Waals surface area contributed by atoms with Crippen LogP contribution in [0.25, 0.3) is 0 Å². The van der Waals surface area contributed by atoms with Crippen molar-refractivity contribution in [2.45, 2.75) is 51.1 Å². The van der Waals surface area contributed by atoms with Gasteiger partial charge in [0, 0.05) is 25.2 Å². The summed E-state index contributed by atoms with van der Waals surface area (Å²) in [4.78, 5) is 2.45. The molecule has 1 atom stereocenters. The lowest BCUT2D eigenvalue weighted by Gasteiger charge is -2.40. The van der Waals surface area contributed by atoms with Crippen molar-refractivity contribution in [2.75, 3.05) is 26.8 Å². The third-order valence-corrected chi connectivity index (χ3v) is 3.68. The van der Waals surface area contributed by atoms with Gasteiger partial charge in [-0.3, -0.25) is 4.90 Å². The standard InChI is InChI=1S/C12H26N2O/c1-4-14(11(2)10-15-3)9-8-12(13)6-5-7-12/h11H,4-10,13H2,1-3H3. The third-order valence-electron chi connectivity index (χ3n) is 3.68. The van der Waals surface area contributed by atoms with Crippen LogP contribution < -0.4 is 5.73 Å².